The molecule has 3 nitrogen and oxygen atoms in total. The first-order chi connectivity index (χ1) is 15.1. The molecule has 2 aliphatic rings. The number of carbonyl (C=O) groups excluding carboxylic acids is 1. The molecule has 156 valence electrons. The Hall–Kier alpha value is -2.85. The minimum Gasteiger partial charge on any atom is -0.377 e. The molecule has 1 aliphatic carbocycles. The number of benzene rings is 3. The Morgan fingerprint density at radius 2 is 1.81 bits per heavy atom. The molecule has 1 amide bonds. The lowest BCUT2D eigenvalue weighted by atomic mass is 9.76. The highest BCUT2D eigenvalue weighted by molar-refractivity contribution is 9.10. The Balaban J connectivity index is 1.50. The smallest absolute Gasteiger partial charge is 0.256 e. The summed E-state index contributed by atoms with van der Waals surface area (Å²) in [5.74, 6) is 0.835. The molecule has 1 N–H and O–H groups in total. The summed E-state index contributed by atoms with van der Waals surface area (Å²) < 4.78 is 1.08. The SMILES string of the molecule is CN(Cc1ccccc1)C(=O)c1cccc2c1NC(c1ccc(Br)cc1)C1CC=CC21. The summed E-state index contributed by atoms with van der Waals surface area (Å²) in [6, 6.07) is 25.0. The van der Waals surface area contributed by atoms with Gasteiger partial charge in [0.25, 0.3) is 5.91 Å². The average molecular weight is 473 g/mol. The van der Waals surface area contributed by atoms with Crippen molar-refractivity contribution in [3.05, 3.63) is 112 Å². The van der Waals surface area contributed by atoms with Gasteiger partial charge in [-0.05, 0) is 47.2 Å². The van der Waals surface area contributed by atoms with Gasteiger partial charge in [0.15, 0.2) is 0 Å². The molecule has 31 heavy (non-hydrogen) atoms. The largest absolute Gasteiger partial charge is 0.377 e. The van der Waals surface area contributed by atoms with Crippen LogP contribution in [0.1, 0.15) is 45.4 Å². The Morgan fingerprint density at radius 3 is 2.58 bits per heavy atom. The van der Waals surface area contributed by atoms with Crippen molar-refractivity contribution in [2.24, 2.45) is 5.92 Å². The van der Waals surface area contributed by atoms with E-state index in [9.17, 15) is 4.79 Å². The molecule has 3 atom stereocenters. The zero-order valence-electron chi connectivity index (χ0n) is 17.5. The standard InChI is InChI=1S/C27H25BrN2O/c1-30(17-18-7-3-2-4-8-18)27(31)24-12-6-11-23-21-9-5-10-22(21)25(29-26(23)24)19-13-15-20(28)16-14-19/h2-9,11-16,21-22,25,29H,10,17H2,1H3. The van der Waals surface area contributed by atoms with E-state index in [2.05, 4.69) is 75.9 Å². The number of halogens is 1. The third-order valence-electron chi connectivity index (χ3n) is 6.47. The van der Waals surface area contributed by atoms with E-state index in [0.717, 1.165) is 27.7 Å². The van der Waals surface area contributed by atoms with Crippen LogP contribution in [0.3, 0.4) is 0 Å². The first-order valence-electron chi connectivity index (χ1n) is 10.7. The molecule has 0 aromatic heterocycles. The van der Waals surface area contributed by atoms with Gasteiger partial charge in [-0.25, -0.2) is 0 Å². The molecule has 3 aromatic carbocycles. The van der Waals surface area contributed by atoms with Gasteiger partial charge in [-0.15, -0.1) is 0 Å². The lowest BCUT2D eigenvalue weighted by Crippen LogP contribution is -2.32. The van der Waals surface area contributed by atoms with Gasteiger partial charge >= 0.3 is 0 Å². The first kappa shape index (κ1) is 20.1. The topological polar surface area (TPSA) is 32.3 Å². The average Bonchev–Trinajstić information content (AvgIpc) is 3.29. The third kappa shape index (κ3) is 3.81. The molecular formula is C27H25BrN2O. The highest BCUT2D eigenvalue weighted by Gasteiger charge is 2.39. The first-order valence-corrected chi connectivity index (χ1v) is 11.5. The van der Waals surface area contributed by atoms with Crippen molar-refractivity contribution in [3.63, 3.8) is 0 Å². The quantitative estimate of drug-likeness (QED) is 0.436. The number of allylic oxidation sites excluding steroid dienone is 2. The summed E-state index contributed by atoms with van der Waals surface area (Å²) in [4.78, 5) is 15.3. The molecule has 0 bridgehead atoms. The van der Waals surface area contributed by atoms with Crippen LogP contribution in [0.25, 0.3) is 0 Å². The van der Waals surface area contributed by atoms with E-state index >= 15 is 0 Å². The summed E-state index contributed by atoms with van der Waals surface area (Å²) in [6.07, 6.45) is 5.65. The fourth-order valence-corrected chi connectivity index (χ4v) is 5.20. The predicted octanol–water partition coefficient (Wildman–Crippen LogP) is 6.55. The minimum absolute atomic E-state index is 0.0446. The molecule has 0 saturated heterocycles. The molecule has 0 fully saturated rings. The maximum absolute atomic E-state index is 13.5. The van der Waals surface area contributed by atoms with E-state index < -0.39 is 0 Å². The van der Waals surface area contributed by atoms with Gasteiger partial charge in [0.1, 0.15) is 0 Å². The number of hydrogen-bond donors (Lipinski definition) is 1. The van der Waals surface area contributed by atoms with Gasteiger partial charge in [0.2, 0.25) is 0 Å². The molecule has 3 unspecified atom stereocenters. The van der Waals surface area contributed by atoms with Crippen LogP contribution in [0.4, 0.5) is 5.69 Å². The van der Waals surface area contributed by atoms with Crippen LogP contribution < -0.4 is 5.32 Å². The fraction of sp³-hybridized carbons (Fsp3) is 0.222. The van der Waals surface area contributed by atoms with E-state index in [1.165, 1.54) is 11.1 Å². The summed E-state index contributed by atoms with van der Waals surface area (Å²) in [5, 5.41) is 3.77. The third-order valence-corrected chi connectivity index (χ3v) is 6.99. The van der Waals surface area contributed by atoms with Gasteiger partial charge in [-0.3, -0.25) is 4.79 Å². The van der Waals surface area contributed by atoms with Gasteiger partial charge < -0.3 is 10.2 Å². The van der Waals surface area contributed by atoms with Crippen molar-refractivity contribution in [1.82, 2.24) is 4.90 Å². The van der Waals surface area contributed by atoms with Crippen LogP contribution in [0, 0.1) is 5.92 Å². The van der Waals surface area contributed by atoms with Crippen LogP contribution in [0.15, 0.2) is 89.4 Å². The second-order valence-corrected chi connectivity index (χ2v) is 9.36. The number of anilines is 1. The lowest BCUT2D eigenvalue weighted by molar-refractivity contribution is 0.0785. The number of nitrogens with one attached hydrogen (secondary N) is 1. The second-order valence-electron chi connectivity index (χ2n) is 8.44. The van der Waals surface area contributed by atoms with Crippen molar-refractivity contribution in [3.8, 4) is 0 Å². The summed E-state index contributed by atoms with van der Waals surface area (Å²) in [7, 11) is 1.88. The van der Waals surface area contributed by atoms with E-state index in [-0.39, 0.29) is 11.9 Å². The minimum atomic E-state index is 0.0446. The molecule has 4 heteroatoms. The molecule has 0 spiro atoms. The van der Waals surface area contributed by atoms with E-state index in [1.54, 1.807) is 4.90 Å². The van der Waals surface area contributed by atoms with Gasteiger partial charge in [0.05, 0.1) is 17.3 Å². The maximum atomic E-state index is 13.5. The molecule has 1 aliphatic heterocycles. The zero-order valence-corrected chi connectivity index (χ0v) is 19.0. The number of amides is 1. The van der Waals surface area contributed by atoms with Crippen molar-refractivity contribution >= 4 is 27.5 Å². The highest BCUT2D eigenvalue weighted by Crippen LogP contribution is 2.50. The van der Waals surface area contributed by atoms with Crippen LogP contribution in [0.5, 0.6) is 0 Å². The number of para-hydroxylation sites is 1. The van der Waals surface area contributed by atoms with Crippen molar-refractivity contribution < 1.29 is 4.79 Å². The second kappa shape index (κ2) is 8.35. The van der Waals surface area contributed by atoms with Gasteiger partial charge in [-0.2, -0.15) is 0 Å². The number of nitrogens with zero attached hydrogens (tertiary/aromatic N) is 1. The number of fused-ring (bicyclic) bond motifs is 3. The zero-order chi connectivity index (χ0) is 21.4. The Bertz CT molecular complexity index is 1120. The van der Waals surface area contributed by atoms with Gasteiger partial charge in [-0.1, -0.05) is 82.7 Å². The molecule has 0 radical (unpaired) electrons. The summed E-state index contributed by atoms with van der Waals surface area (Å²) in [5.41, 5.74) is 5.34. The monoisotopic (exact) mass is 472 g/mol. The Labute approximate surface area is 191 Å². The molecule has 0 saturated carbocycles. The highest BCUT2D eigenvalue weighted by atomic mass is 79.9. The number of hydrogen-bond acceptors (Lipinski definition) is 2. The van der Waals surface area contributed by atoms with Gasteiger partial charge in [0, 0.05) is 24.0 Å². The van der Waals surface area contributed by atoms with Crippen LogP contribution in [-0.2, 0) is 6.54 Å². The van der Waals surface area contributed by atoms with E-state index in [1.807, 2.05) is 37.4 Å². The molecule has 5 rings (SSSR count). The lowest BCUT2D eigenvalue weighted by Gasteiger charge is -2.38. The molecular weight excluding hydrogens is 448 g/mol. The number of rotatable bonds is 4. The molecule has 3 aromatic rings. The summed E-state index contributed by atoms with van der Waals surface area (Å²) in [6.45, 7) is 0.589. The van der Waals surface area contributed by atoms with Crippen molar-refractivity contribution in [2.75, 3.05) is 12.4 Å². The van der Waals surface area contributed by atoms with E-state index in [4.69, 9.17) is 0 Å². The van der Waals surface area contributed by atoms with Crippen LogP contribution in [-0.4, -0.2) is 17.9 Å². The maximum Gasteiger partial charge on any atom is 0.256 e. The number of carbonyl (C=O) groups is 1. The Morgan fingerprint density at radius 1 is 1.03 bits per heavy atom. The van der Waals surface area contributed by atoms with E-state index in [0.29, 0.717) is 18.4 Å². The summed E-state index contributed by atoms with van der Waals surface area (Å²) >= 11 is 3.54. The normalized spacial score (nSPS) is 21.2. The Kier molecular flexibility index (Phi) is 5.41. The van der Waals surface area contributed by atoms with Crippen molar-refractivity contribution in [1.29, 1.82) is 0 Å². The fourth-order valence-electron chi connectivity index (χ4n) is 4.93. The molecule has 1 heterocycles. The van der Waals surface area contributed by atoms with Crippen LogP contribution in [0.2, 0.25) is 0 Å². The van der Waals surface area contributed by atoms with Crippen LogP contribution >= 0.6 is 15.9 Å². The predicted molar refractivity (Wildman–Crippen MR) is 129 cm³/mol. The van der Waals surface area contributed by atoms with Crippen molar-refractivity contribution in [2.45, 2.75) is 24.9 Å².